The van der Waals surface area contributed by atoms with E-state index in [4.69, 9.17) is 27.9 Å². The highest BCUT2D eigenvalue weighted by Gasteiger charge is 2.23. The molecule has 3 aromatic rings. The van der Waals surface area contributed by atoms with Crippen LogP contribution in [0.5, 0.6) is 5.75 Å². The van der Waals surface area contributed by atoms with E-state index >= 15 is 0 Å². The Balaban J connectivity index is 1.24. The van der Waals surface area contributed by atoms with Crippen LogP contribution in [0, 0.1) is 5.82 Å². The number of aliphatic hydroxyl groups excluding tert-OH is 1. The highest BCUT2D eigenvalue weighted by molar-refractivity contribution is 7.11. The Bertz CT molecular complexity index is 1230. The molecule has 0 saturated carbocycles. The lowest BCUT2D eigenvalue weighted by atomic mass is 10.1. The number of carbonyl (C=O) groups is 1. The lowest BCUT2D eigenvalue weighted by Gasteiger charge is -2.33. The molecule has 4 rings (SSSR count). The molecule has 1 fully saturated rings. The topological polar surface area (TPSA) is 94.7 Å². The van der Waals surface area contributed by atoms with Gasteiger partial charge in [0.05, 0.1) is 21.8 Å². The first-order valence-corrected chi connectivity index (χ1v) is 12.6. The molecule has 0 bridgehead atoms. The Hall–Kier alpha value is -2.43. The molecular formula is C24H24Cl2FN3O4S. The fourth-order valence-electron chi connectivity index (χ4n) is 3.91. The summed E-state index contributed by atoms with van der Waals surface area (Å²) in [7, 11) is 0. The molecule has 0 spiro atoms. The maximum atomic E-state index is 13.2. The van der Waals surface area contributed by atoms with Gasteiger partial charge in [0.1, 0.15) is 22.5 Å². The normalized spacial score (nSPS) is 15.7. The van der Waals surface area contributed by atoms with Crippen molar-refractivity contribution in [3.05, 3.63) is 72.9 Å². The van der Waals surface area contributed by atoms with E-state index in [-0.39, 0.29) is 22.4 Å². The van der Waals surface area contributed by atoms with E-state index in [0.717, 1.165) is 37.3 Å². The van der Waals surface area contributed by atoms with Crippen LogP contribution in [0.1, 0.15) is 22.5 Å². The summed E-state index contributed by atoms with van der Waals surface area (Å²) in [5.41, 5.74) is 0.859. The van der Waals surface area contributed by atoms with Crippen LogP contribution in [-0.2, 0) is 0 Å². The van der Waals surface area contributed by atoms with Crippen LogP contribution in [0.25, 0.3) is 11.3 Å². The molecule has 3 N–H and O–H groups in total. The summed E-state index contributed by atoms with van der Waals surface area (Å²) in [5, 5.41) is 14.1. The Morgan fingerprint density at radius 1 is 1.20 bits per heavy atom. The minimum absolute atomic E-state index is 0.0352. The molecule has 1 aliphatic heterocycles. The van der Waals surface area contributed by atoms with E-state index < -0.39 is 17.8 Å². The zero-order chi connectivity index (χ0) is 24.9. The number of aromatic amines is 1. The fourth-order valence-corrected chi connectivity index (χ4v) is 4.98. The molecule has 1 aromatic heterocycles. The van der Waals surface area contributed by atoms with Crippen LogP contribution in [0.3, 0.4) is 0 Å². The summed E-state index contributed by atoms with van der Waals surface area (Å²) in [6, 6.07) is 10.7. The summed E-state index contributed by atoms with van der Waals surface area (Å²) < 4.78 is 19.2. The molecule has 1 aliphatic rings. The third kappa shape index (κ3) is 6.83. The van der Waals surface area contributed by atoms with Gasteiger partial charge in [-0.15, -0.1) is 0 Å². The predicted octanol–water partition coefficient (Wildman–Crippen LogP) is 4.18. The second-order valence-corrected chi connectivity index (χ2v) is 10.1. The van der Waals surface area contributed by atoms with Crippen LogP contribution in [-0.4, -0.2) is 59.3 Å². The average Bonchev–Trinajstić information content (AvgIpc) is 3.23. The zero-order valence-corrected chi connectivity index (χ0v) is 20.9. The second-order valence-electron chi connectivity index (χ2n) is 8.28. The van der Waals surface area contributed by atoms with Crippen LogP contribution >= 0.6 is 34.5 Å². The molecule has 1 saturated heterocycles. The molecule has 35 heavy (non-hydrogen) atoms. The first-order valence-electron chi connectivity index (χ1n) is 11.1. The number of hydrogen-bond donors (Lipinski definition) is 3. The van der Waals surface area contributed by atoms with Gasteiger partial charge in [0.25, 0.3) is 5.91 Å². The third-order valence-corrected chi connectivity index (χ3v) is 7.30. The van der Waals surface area contributed by atoms with Crippen molar-refractivity contribution in [2.24, 2.45) is 0 Å². The predicted molar refractivity (Wildman–Crippen MR) is 135 cm³/mol. The van der Waals surface area contributed by atoms with Crippen LogP contribution in [0.15, 0.2) is 47.3 Å². The van der Waals surface area contributed by atoms with Crippen molar-refractivity contribution in [2.45, 2.75) is 25.0 Å². The van der Waals surface area contributed by atoms with Crippen LogP contribution in [0.4, 0.5) is 4.39 Å². The number of thiazole rings is 1. The van der Waals surface area contributed by atoms with E-state index in [0.29, 0.717) is 33.6 Å². The molecule has 0 aliphatic carbocycles. The number of aliphatic hydroxyl groups is 1. The quantitative estimate of drug-likeness (QED) is 0.399. The highest BCUT2D eigenvalue weighted by atomic mass is 35.5. The van der Waals surface area contributed by atoms with Crippen LogP contribution in [0.2, 0.25) is 10.0 Å². The number of amides is 1. The van der Waals surface area contributed by atoms with Crippen molar-refractivity contribution >= 4 is 40.4 Å². The lowest BCUT2D eigenvalue weighted by molar-refractivity contribution is 0.0594. The van der Waals surface area contributed by atoms with Crippen molar-refractivity contribution in [2.75, 3.05) is 26.2 Å². The second kappa shape index (κ2) is 11.5. The van der Waals surface area contributed by atoms with Gasteiger partial charge in [0, 0.05) is 32.2 Å². The molecule has 1 amide bonds. The number of nitrogens with one attached hydrogen (secondary N) is 2. The number of piperidine rings is 1. The first kappa shape index (κ1) is 25.7. The molecule has 1 unspecified atom stereocenters. The Morgan fingerprint density at radius 3 is 2.60 bits per heavy atom. The molecule has 1 atom stereocenters. The highest BCUT2D eigenvalue weighted by Crippen LogP contribution is 2.28. The molecule has 186 valence electrons. The number of likely N-dealkylation sites (tertiary alicyclic amines) is 1. The number of carbonyl (C=O) groups excluding carboxylic acids is 1. The van der Waals surface area contributed by atoms with Gasteiger partial charge in [0.2, 0.25) is 0 Å². The molecular weight excluding hydrogens is 516 g/mol. The Morgan fingerprint density at radius 2 is 1.91 bits per heavy atom. The summed E-state index contributed by atoms with van der Waals surface area (Å²) in [6.07, 6.45) is 0.841. The number of nitrogens with zero attached hydrogens (tertiary/aromatic N) is 1. The van der Waals surface area contributed by atoms with Crippen molar-refractivity contribution < 1.29 is 19.0 Å². The Labute approximate surface area is 215 Å². The van der Waals surface area contributed by atoms with Gasteiger partial charge in [0.15, 0.2) is 0 Å². The number of hydrogen-bond acceptors (Lipinski definition) is 6. The van der Waals surface area contributed by atoms with Crippen molar-refractivity contribution in [3.63, 3.8) is 0 Å². The number of benzene rings is 2. The molecule has 2 aromatic carbocycles. The van der Waals surface area contributed by atoms with E-state index in [2.05, 4.69) is 15.2 Å². The van der Waals surface area contributed by atoms with Gasteiger partial charge in [-0.25, -0.2) is 4.39 Å². The lowest BCUT2D eigenvalue weighted by Crippen LogP contribution is -2.45. The zero-order valence-electron chi connectivity index (χ0n) is 18.6. The molecule has 11 heteroatoms. The summed E-state index contributed by atoms with van der Waals surface area (Å²) in [6.45, 7) is 1.91. The monoisotopic (exact) mass is 539 g/mol. The fraction of sp³-hybridized carbons (Fsp3) is 0.333. The standard InChI is InChI=1S/C24H24Cl2FN3O4S/c25-19-6-5-18(11-20(19)26)34-17-7-9-30(10-8-17)13-16(31)12-28-23(32)22-21(29-24(33)35-22)14-1-3-15(27)4-2-14/h1-6,11,16-17,31H,7-10,12-13H2,(H,28,32)(H,29,33). The molecule has 2 heterocycles. The van der Waals surface area contributed by atoms with Gasteiger partial charge >= 0.3 is 4.87 Å². The van der Waals surface area contributed by atoms with Gasteiger partial charge in [-0.1, -0.05) is 34.5 Å². The smallest absolute Gasteiger partial charge is 0.305 e. The average molecular weight is 540 g/mol. The number of aromatic nitrogens is 1. The number of H-pyrrole nitrogens is 1. The van der Waals surface area contributed by atoms with Crippen molar-refractivity contribution in [1.82, 2.24) is 15.2 Å². The number of β-amino-alcohol motifs (C(OH)–C–C–N with tert-alkyl or cyclic N) is 1. The van der Waals surface area contributed by atoms with E-state index in [9.17, 15) is 19.1 Å². The van der Waals surface area contributed by atoms with E-state index in [1.54, 1.807) is 18.2 Å². The van der Waals surface area contributed by atoms with Crippen molar-refractivity contribution in [1.29, 1.82) is 0 Å². The van der Waals surface area contributed by atoms with Gasteiger partial charge < -0.3 is 25.0 Å². The van der Waals surface area contributed by atoms with Crippen LogP contribution < -0.4 is 14.9 Å². The minimum Gasteiger partial charge on any atom is -0.490 e. The molecule has 0 radical (unpaired) electrons. The summed E-state index contributed by atoms with van der Waals surface area (Å²) in [5.74, 6) is -0.210. The number of ether oxygens (including phenoxy) is 1. The van der Waals surface area contributed by atoms with Gasteiger partial charge in [-0.3, -0.25) is 9.59 Å². The first-order chi connectivity index (χ1) is 16.8. The minimum atomic E-state index is -0.781. The largest absolute Gasteiger partial charge is 0.490 e. The molecule has 7 nitrogen and oxygen atoms in total. The van der Waals surface area contributed by atoms with E-state index in [1.807, 2.05) is 0 Å². The maximum absolute atomic E-state index is 13.2. The summed E-state index contributed by atoms with van der Waals surface area (Å²) in [4.78, 5) is 29.1. The van der Waals surface area contributed by atoms with Gasteiger partial charge in [-0.05, 0) is 54.8 Å². The van der Waals surface area contributed by atoms with E-state index in [1.165, 1.54) is 24.3 Å². The SMILES string of the molecule is O=C(NCC(O)CN1CCC(Oc2ccc(Cl)c(Cl)c2)CC1)c1sc(=O)[nH]c1-c1ccc(F)cc1. The maximum Gasteiger partial charge on any atom is 0.305 e. The Kier molecular flexibility index (Phi) is 8.46. The van der Waals surface area contributed by atoms with Gasteiger partial charge in [-0.2, -0.15) is 0 Å². The third-order valence-electron chi connectivity index (χ3n) is 5.68. The van der Waals surface area contributed by atoms with Crippen molar-refractivity contribution in [3.8, 4) is 17.0 Å². The number of rotatable bonds is 8. The number of halogens is 3. The summed E-state index contributed by atoms with van der Waals surface area (Å²) >= 11 is 12.8.